The van der Waals surface area contributed by atoms with Crippen molar-refractivity contribution >= 4 is 50.0 Å². The Hall–Kier alpha value is -2.10. The van der Waals surface area contributed by atoms with Crippen LogP contribution >= 0.6 is 22.9 Å². The Balaban J connectivity index is 1.72. The fourth-order valence-corrected chi connectivity index (χ4v) is 4.09. The molecule has 0 aromatic carbocycles. The number of fused-ring (bicyclic) bond motifs is 1. The lowest BCUT2D eigenvalue weighted by Gasteiger charge is -2.33. The number of rotatable bonds is 2. The minimum absolute atomic E-state index is 0.0914. The summed E-state index contributed by atoms with van der Waals surface area (Å²) in [5.41, 5.74) is -0.809. The predicted molar refractivity (Wildman–Crippen MR) is 108 cm³/mol. The highest BCUT2D eigenvalue weighted by atomic mass is 35.5. The largest absolute Gasteiger partial charge is 0.444 e. The Bertz CT molecular complexity index is 978. The van der Waals surface area contributed by atoms with E-state index in [2.05, 4.69) is 5.32 Å². The van der Waals surface area contributed by atoms with Gasteiger partial charge in [0.1, 0.15) is 5.60 Å². The van der Waals surface area contributed by atoms with Crippen LogP contribution in [0.1, 0.15) is 20.8 Å². The van der Waals surface area contributed by atoms with Gasteiger partial charge in [-0.2, -0.15) is 0 Å². The minimum Gasteiger partial charge on any atom is -0.444 e. The first-order chi connectivity index (χ1) is 13.0. The first-order valence-electron chi connectivity index (χ1n) is 8.74. The molecule has 2 amide bonds. The monoisotopic (exact) mass is 427 g/mol. The molecular weight excluding hydrogens is 406 g/mol. The summed E-state index contributed by atoms with van der Waals surface area (Å²) in [6.07, 6.45) is 0.229. The van der Waals surface area contributed by atoms with Gasteiger partial charge in [0.05, 0.1) is 33.3 Å². The number of anilines is 1. The second-order valence-corrected chi connectivity index (χ2v) is 8.98. The van der Waals surface area contributed by atoms with Crippen LogP contribution in [0.2, 0.25) is 5.02 Å². The van der Waals surface area contributed by atoms with Crippen LogP contribution in [-0.2, 0) is 21.3 Å². The zero-order valence-electron chi connectivity index (χ0n) is 16.1. The number of ether oxygens (including phenoxy) is 2. The average molecular weight is 428 g/mol. The van der Waals surface area contributed by atoms with Crippen molar-refractivity contribution in [3.05, 3.63) is 27.6 Å². The third kappa shape index (κ3) is 4.48. The van der Waals surface area contributed by atoms with Gasteiger partial charge < -0.3 is 24.3 Å². The lowest BCUT2D eigenvalue weighted by Crippen LogP contribution is -2.51. The van der Waals surface area contributed by atoms with Crippen molar-refractivity contribution in [1.82, 2.24) is 9.47 Å². The van der Waals surface area contributed by atoms with E-state index in [1.807, 2.05) is 0 Å². The van der Waals surface area contributed by atoms with Crippen molar-refractivity contribution in [3.63, 3.8) is 0 Å². The molecule has 28 heavy (non-hydrogen) atoms. The highest BCUT2D eigenvalue weighted by molar-refractivity contribution is 7.23. The Morgan fingerprint density at radius 2 is 2.11 bits per heavy atom. The molecule has 2 aromatic heterocycles. The van der Waals surface area contributed by atoms with Crippen LogP contribution in [0.5, 0.6) is 0 Å². The summed E-state index contributed by atoms with van der Waals surface area (Å²) < 4.78 is 12.9. The van der Waals surface area contributed by atoms with Crippen LogP contribution in [0.15, 0.2) is 17.1 Å². The normalized spacial score (nSPS) is 17.6. The number of aryl methyl sites for hydroxylation is 1. The van der Waals surface area contributed by atoms with Gasteiger partial charge in [-0.1, -0.05) is 11.6 Å². The van der Waals surface area contributed by atoms with Crippen molar-refractivity contribution in [3.8, 4) is 0 Å². The van der Waals surface area contributed by atoms with Gasteiger partial charge in [0.15, 0.2) is 6.10 Å². The van der Waals surface area contributed by atoms with Crippen LogP contribution < -0.4 is 10.9 Å². The van der Waals surface area contributed by atoms with Gasteiger partial charge in [0.25, 0.3) is 11.5 Å². The number of hydrogen-bond donors (Lipinski definition) is 1. The van der Waals surface area contributed by atoms with Crippen molar-refractivity contribution in [2.75, 3.05) is 25.0 Å². The summed E-state index contributed by atoms with van der Waals surface area (Å²) in [6.45, 7) is 6.03. The van der Waals surface area contributed by atoms with Crippen molar-refractivity contribution in [2.24, 2.45) is 7.05 Å². The van der Waals surface area contributed by atoms with E-state index in [-0.39, 0.29) is 18.7 Å². The molecule has 0 saturated carbocycles. The summed E-state index contributed by atoms with van der Waals surface area (Å²) in [4.78, 5) is 38.5. The first-order valence-corrected chi connectivity index (χ1v) is 9.93. The van der Waals surface area contributed by atoms with Crippen molar-refractivity contribution < 1.29 is 19.1 Å². The summed E-state index contributed by atoms with van der Waals surface area (Å²) in [5, 5.41) is 4.12. The number of pyridine rings is 1. The third-order valence-electron chi connectivity index (χ3n) is 4.06. The SMILES string of the molecule is Cn1cc(Cl)c2sc(NC(=O)C3CN(C(=O)OC(C)(C)C)CCO3)cc2c1=O. The highest BCUT2D eigenvalue weighted by Crippen LogP contribution is 2.33. The van der Waals surface area contributed by atoms with E-state index >= 15 is 0 Å². The zero-order valence-corrected chi connectivity index (χ0v) is 17.6. The van der Waals surface area contributed by atoms with Gasteiger partial charge in [-0.15, -0.1) is 11.3 Å². The molecule has 1 aliphatic rings. The molecule has 0 aliphatic carbocycles. The number of hydrogen-bond acceptors (Lipinski definition) is 6. The molecule has 1 aliphatic heterocycles. The molecule has 1 atom stereocenters. The maximum Gasteiger partial charge on any atom is 0.410 e. The number of carbonyl (C=O) groups is 2. The molecule has 3 rings (SSSR count). The first kappa shape index (κ1) is 20.6. The predicted octanol–water partition coefficient (Wildman–Crippen LogP) is 2.83. The number of nitrogens with one attached hydrogen (secondary N) is 1. The van der Waals surface area contributed by atoms with E-state index in [0.717, 1.165) is 0 Å². The molecule has 0 bridgehead atoms. The Morgan fingerprint density at radius 1 is 1.39 bits per heavy atom. The van der Waals surface area contributed by atoms with Crippen LogP contribution in [0, 0.1) is 0 Å². The summed E-state index contributed by atoms with van der Waals surface area (Å²) >= 11 is 7.41. The highest BCUT2D eigenvalue weighted by Gasteiger charge is 2.32. The maximum absolute atomic E-state index is 12.6. The van der Waals surface area contributed by atoms with Crippen molar-refractivity contribution in [2.45, 2.75) is 32.5 Å². The molecular formula is C18H22ClN3O5S. The van der Waals surface area contributed by atoms with Crippen molar-refractivity contribution in [1.29, 1.82) is 0 Å². The van der Waals surface area contributed by atoms with Gasteiger partial charge in [-0.05, 0) is 26.8 Å². The number of halogens is 1. The molecule has 152 valence electrons. The summed E-state index contributed by atoms with van der Waals surface area (Å²) in [5.74, 6) is -0.396. The van der Waals surface area contributed by atoms with Gasteiger partial charge in [-0.25, -0.2) is 4.79 Å². The molecule has 0 spiro atoms. The summed E-state index contributed by atoms with van der Waals surface area (Å²) in [6, 6.07) is 1.60. The third-order valence-corrected chi connectivity index (χ3v) is 5.55. The molecule has 10 heteroatoms. The average Bonchev–Trinajstić information content (AvgIpc) is 3.03. The number of nitrogens with zero attached hydrogens (tertiary/aromatic N) is 2. The van der Waals surface area contributed by atoms with E-state index in [9.17, 15) is 14.4 Å². The maximum atomic E-state index is 12.6. The Kier molecular flexibility index (Phi) is 5.69. The topological polar surface area (TPSA) is 89.9 Å². The Morgan fingerprint density at radius 3 is 2.79 bits per heavy atom. The van der Waals surface area contributed by atoms with Gasteiger partial charge in [0, 0.05) is 19.8 Å². The standard InChI is InChI=1S/C18H22ClN3O5S/c1-18(2,3)27-17(25)22-5-6-26-12(9-22)15(23)20-13-7-10-14(28-13)11(19)8-21(4)16(10)24/h7-8,12H,5-6,9H2,1-4H3,(H,20,23). The second kappa shape index (κ2) is 7.73. The molecule has 1 unspecified atom stereocenters. The van der Waals surface area contributed by atoms with Crippen LogP contribution in [-0.4, -0.2) is 52.9 Å². The van der Waals surface area contributed by atoms with E-state index in [1.54, 1.807) is 33.9 Å². The number of amides is 2. The minimum atomic E-state index is -0.829. The van der Waals surface area contributed by atoms with Crippen LogP contribution in [0.3, 0.4) is 0 Å². The van der Waals surface area contributed by atoms with E-state index in [0.29, 0.717) is 26.7 Å². The molecule has 3 heterocycles. The Labute approximate surface area is 171 Å². The van der Waals surface area contributed by atoms with Gasteiger partial charge >= 0.3 is 6.09 Å². The molecule has 1 saturated heterocycles. The van der Waals surface area contributed by atoms with E-state index in [4.69, 9.17) is 21.1 Å². The van der Waals surface area contributed by atoms with E-state index in [1.165, 1.54) is 27.0 Å². The van der Waals surface area contributed by atoms with E-state index < -0.39 is 23.7 Å². The van der Waals surface area contributed by atoms with Crippen LogP contribution in [0.4, 0.5) is 9.80 Å². The van der Waals surface area contributed by atoms with Gasteiger partial charge in [-0.3, -0.25) is 9.59 Å². The fraction of sp³-hybridized carbons (Fsp3) is 0.500. The summed E-state index contributed by atoms with van der Waals surface area (Å²) in [7, 11) is 1.62. The number of carbonyl (C=O) groups excluding carboxylic acids is 2. The lowest BCUT2D eigenvalue weighted by atomic mass is 10.2. The quantitative estimate of drug-likeness (QED) is 0.795. The smallest absolute Gasteiger partial charge is 0.410 e. The zero-order chi connectivity index (χ0) is 20.6. The van der Waals surface area contributed by atoms with Gasteiger partial charge in [0.2, 0.25) is 0 Å². The number of thiophene rings is 1. The molecule has 1 fully saturated rings. The molecule has 8 nitrogen and oxygen atoms in total. The fourth-order valence-electron chi connectivity index (χ4n) is 2.77. The second-order valence-electron chi connectivity index (χ2n) is 7.52. The number of morpholine rings is 1. The molecule has 0 radical (unpaired) electrons. The van der Waals surface area contributed by atoms with Crippen LogP contribution in [0.25, 0.3) is 10.1 Å². The molecule has 1 N–H and O–H groups in total. The molecule has 2 aromatic rings. The number of aromatic nitrogens is 1. The lowest BCUT2D eigenvalue weighted by molar-refractivity contribution is -0.132.